The fraction of sp³-hybridized carbons (Fsp3) is 0.909. The molecule has 88 valence electrons. The number of aliphatic carboxylic acids is 1. The molecule has 0 aromatic heterocycles. The quantitative estimate of drug-likeness (QED) is 0.739. The number of carbonyl (C=O) groups is 1. The van der Waals surface area contributed by atoms with Crippen molar-refractivity contribution in [2.75, 3.05) is 13.1 Å². The number of hydrogen-bond donors (Lipinski definition) is 2. The molecule has 15 heavy (non-hydrogen) atoms. The topological polar surface area (TPSA) is 60.8 Å². The smallest absolute Gasteiger partial charge is 0.320 e. The third kappa shape index (κ3) is 4.18. The maximum atomic E-state index is 11.1. The molecule has 0 radical (unpaired) electrons. The lowest BCUT2D eigenvalue weighted by Gasteiger charge is -2.31. The van der Waals surface area contributed by atoms with Crippen molar-refractivity contribution in [1.29, 1.82) is 0 Å². The largest absolute Gasteiger partial charge is 0.480 e. The van der Waals surface area contributed by atoms with E-state index in [0.29, 0.717) is 13.0 Å². The van der Waals surface area contributed by atoms with Crippen LogP contribution in [0.2, 0.25) is 0 Å². The highest BCUT2D eigenvalue weighted by Gasteiger charge is 2.30. The van der Waals surface area contributed by atoms with Gasteiger partial charge in [-0.1, -0.05) is 12.8 Å². The third-order valence-corrected chi connectivity index (χ3v) is 2.74. The Hall–Kier alpha value is -0.610. The fourth-order valence-corrected chi connectivity index (χ4v) is 2.13. The summed E-state index contributed by atoms with van der Waals surface area (Å²) in [7, 11) is 0. The minimum atomic E-state index is -0.821. The highest BCUT2D eigenvalue weighted by molar-refractivity contribution is 5.73. The van der Waals surface area contributed by atoms with E-state index in [9.17, 15) is 9.90 Å². The molecule has 1 unspecified atom stereocenters. The Morgan fingerprint density at radius 2 is 2.07 bits per heavy atom. The lowest BCUT2D eigenvalue weighted by molar-refractivity contribution is -0.144. The van der Waals surface area contributed by atoms with Crippen LogP contribution in [0.15, 0.2) is 0 Å². The van der Waals surface area contributed by atoms with Crippen LogP contribution in [0.4, 0.5) is 0 Å². The van der Waals surface area contributed by atoms with Gasteiger partial charge in [-0.25, -0.2) is 0 Å². The van der Waals surface area contributed by atoms with Crippen LogP contribution in [0.1, 0.15) is 39.5 Å². The van der Waals surface area contributed by atoms with Crippen molar-refractivity contribution in [3.05, 3.63) is 0 Å². The van der Waals surface area contributed by atoms with E-state index in [2.05, 4.69) is 0 Å². The molecule has 1 heterocycles. The van der Waals surface area contributed by atoms with E-state index < -0.39 is 17.6 Å². The first-order valence-corrected chi connectivity index (χ1v) is 5.59. The molecule has 0 spiro atoms. The van der Waals surface area contributed by atoms with E-state index in [4.69, 9.17) is 5.11 Å². The molecule has 4 heteroatoms. The molecule has 1 aliphatic heterocycles. The Labute approximate surface area is 90.9 Å². The van der Waals surface area contributed by atoms with Gasteiger partial charge in [-0.3, -0.25) is 9.69 Å². The van der Waals surface area contributed by atoms with Gasteiger partial charge in [0.15, 0.2) is 0 Å². The summed E-state index contributed by atoms with van der Waals surface area (Å²) in [6.45, 7) is 4.65. The number of likely N-dealkylation sites (tertiary alicyclic amines) is 1. The van der Waals surface area contributed by atoms with E-state index in [-0.39, 0.29) is 0 Å². The number of aliphatic hydroxyl groups is 1. The molecule has 0 aromatic rings. The van der Waals surface area contributed by atoms with Crippen molar-refractivity contribution < 1.29 is 15.0 Å². The summed E-state index contributed by atoms with van der Waals surface area (Å²) >= 11 is 0. The van der Waals surface area contributed by atoms with Crippen LogP contribution in [-0.2, 0) is 4.79 Å². The monoisotopic (exact) mass is 215 g/mol. The molecule has 0 saturated carbocycles. The zero-order valence-electron chi connectivity index (χ0n) is 9.57. The highest BCUT2D eigenvalue weighted by Crippen LogP contribution is 2.19. The SMILES string of the molecule is CC(C)(O)CN1CCCCCC1C(=O)O. The van der Waals surface area contributed by atoms with Crippen LogP contribution in [0, 0.1) is 0 Å². The fourth-order valence-electron chi connectivity index (χ4n) is 2.13. The number of nitrogens with zero attached hydrogens (tertiary/aromatic N) is 1. The van der Waals surface area contributed by atoms with Gasteiger partial charge in [0.25, 0.3) is 0 Å². The summed E-state index contributed by atoms with van der Waals surface area (Å²) in [6.07, 6.45) is 3.79. The summed E-state index contributed by atoms with van der Waals surface area (Å²) in [6, 6.07) is -0.418. The van der Waals surface area contributed by atoms with Crippen molar-refractivity contribution in [1.82, 2.24) is 4.90 Å². The first-order valence-electron chi connectivity index (χ1n) is 5.59. The van der Waals surface area contributed by atoms with Gasteiger partial charge in [0, 0.05) is 6.54 Å². The van der Waals surface area contributed by atoms with Crippen LogP contribution in [0.3, 0.4) is 0 Å². The third-order valence-electron chi connectivity index (χ3n) is 2.74. The Morgan fingerprint density at radius 1 is 1.40 bits per heavy atom. The van der Waals surface area contributed by atoms with Crippen molar-refractivity contribution in [3.63, 3.8) is 0 Å². The predicted molar refractivity (Wildman–Crippen MR) is 57.8 cm³/mol. The normalized spacial score (nSPS) is 24.9. The Bertz CT molecular complexity index is 222. The molecule has 2 N–H and O–H groups in total. The number of carboxylic acids is 1. The first-order chi connectivity index (χ1) is 6.90. The lowest BCUT2D eigenvalue weighted by Crippen LogP contribution is -2.47. The summed E-state index contributed by atoms with van der Waals surface area (Å²) in [5.41, 5.74) is -0.821. The lowest BCUT2D eigenvalue weighted by atomic mass is 10.1. The average molecular weight is 215 g/mol. The molecule has 0 aliphatic carbocycles. The number of rotatable bonds is 3. The molecule has 1 aliphatic rings. The van der Waals surface area contributed by atoms with E-state index in [1.54, 1.807) is 13.8 Å². The Kier molecular flexibility index (Phi) is 4.11. The molecule has 0 amide bonds. The van der Waals surface area contributed by atoms with E-state index in [0.717, 1.165) is 25.8 Å². The van der Waals surface area contributed by atoms with E-state index in [1.807, 2.05) is 4.90 Å². The van der Waals surface area contributed by atoms with Crippen LogP contribution in [0.25, 0.3) is 0 Å². The zero-order valence-corrected chi connectivity index (χ0v) is 9.57. The van der Waals surface area contributed by atoms with Crippen molar-refractivity contribution in [2.45, 2.75) is 51.2 Å². The molecule has 1 rings (SSSR count). The van der Waals surface area contributed by atoms with Gasteiger partial charge >= 0.3 is 5.97 Å². The molecule has 1 atom stereocenters. The minimum absolute atomic E-state index is 0.418. The average Bonchev–Trinajstić information content (AvgIpc) is 2.26. The van der Waals surface area contributed by atoms with Crippen LogP contribution < -0.4 is 0 Å². The minimum Gasteiger partial charge on any atom is -0.480 e. The highest BCUT2D eigenvalue weighted by atomic mass is 16.4. The number of carboxylic acid groups (broad SMARTS) is 1. The summed E-state index contributed by atoms with van der Waals surface area (Å²) in [5.74, 6) is -0.763. The molecule has 1 fully saturated rings. The second-order valence-corrected chi connectivity index (χ2v) is 4.99. The van der Waals surface area contributed by atoms with Gasteiger partial charge in [0.1, 0.15) is 6.04 Å². The van der Waals surface area contributed by atoms with Gasteiger partial charge in [0.05, 0.1) is 5.60 Å². The van der Waals surface area contributed by atoms with Gasteiger partial charge in [-0.05, 0) is 33.2 Å². The van der Waals surface area contributed by atoms with E-state index in [1.165, 1.54) is 0 Å². The van der Waals surface area contributed by atoms with Crippen LogP contribution in [-0.4, -0.2) is 45.8 Å². The van der Waals surface area contributed by atoms with Gasteiger partial charge in [-0.15, -0.1) is 0 Å². The molecular formula is C11H21NO3. The van der Waals surface area contributed by atoms with Crippen molar-refractivity contribution >= 4 is 5.97 Å². The summed E-state index contributed by atoms with van der Waals surface area (Å²) in [5, 5.41) is 18.8. The second-order valence-electron chi connectivity index (χ2n) is 4.99. The van der Waals surface area contributed by atoms with Crippen LogP contribution in [0.5, 0.6) is 0 Å². The first kappa shape index (κ1) is 12.5. The van der Waals surface area contributed by atoms with Crippen molar-refractivity contribution in [3.8, 4) is 0 Å². The van der Waals surface area contributed by atoms with E-state index >= 15 is 0 Å². The predicted octanol–water partition coefficient (Wildman–Crippen LogP) is 1.09. The molecule has 4 nitrogen and oxygen atoms in total. The number of β-amino-alcohol motifs (C(OH)–C–C–N with tert-alkyl or cyclic N) is 1. The molecular weight excluding hydrogens is 194 g/mol. The second kappa shape index (κ2) is 4.94. The van der Waals surface area contributed by atoms with Crippen LogP contribution >= 0.6 is 0 Å². The standard InChI is InChI=1S/C11H21NO3/c1-11(2,15)8-12-7-5-3-4-6-9(12)10(13)14/h9,15H,3-8H2,1-2H3,(H,13,14). The summed E-state index contributed by atoms with van der Waals surface area (Å²) < 4.78 is 0. The molecule has 1 saturated heterocycles. The summed E-state index contributed by atoms with van der Waals surface area (Å²) in [4.78, 5) is 13.0. The van der Waals surface area contributed by atoms with Gasteiger partial charge < -0.3 is 10.2 Å². The molecule has 0 aromatic carbocycles. The zero-order chi connectivity index (χ0) is 11.5. The Balaban J connectivity index is 2.66. The van der Waals surface area contributed by atoms with Gasteiger partial charge in [0.2, 0.25) is 0 Å². The van der Waals surface area contributed by atoms with Gasteiger partial charge in [-0.2, -0.15) is 0 Å². The maximum Gasteiger partial charge on any atom is 0.320 e. The number of hydrogen-bond acceptors (Lipinski definition) is 3. The molecule has 0 bridgehead atoms. The van der Waals surface area contributed by atoms with Crippen molar-refractivity contribution in [2.24, 2.45) is 0 Å². The maximum absolute atomic E-state index is 11.1. The Morgan fingerprint density at radius 3 is 2.60 bits per heavy atom.